The molecule has 0 fully saturated rings. The summed E-state index contributed by atoms with van der Waals surface area (Å²) in [5.74, 6) is -1.12. The lowest BCUT2D eigenvalue weighted by Crippen LogP contribution is -2.51. The molecule has 35 heavy (non-hydrogen) atoms. The number of carbonyl (C=O) groups excluding carboxylic acids is 1. The molecule has 3 N–H and O–H groups in total. The minimum atomic E-state index is -1.31. The van der Waals surface area contributed by atoms with Gasteiger partial charge in [-0.05, 0) is 74.9 Å². The number of hydrogen-bond donors (Lipinski definition) is 3. The Morgan fingerprint density at radius 3 is 2.57 bits per heavy atom. The maximum Gasteiger partial charge on any atom is 0.252 e. The van der Waals surface area contributed by atoms with Gasteiger partial charge in [-0.2, -0.15) is 5.10 Å². The SMILES string of the molecule is Cc1ccnc(C[C@@H](NC(=O)c2cccc(F)c2-c2cc(-c3ccc(F)cc3)[nH]n2)C(C)(C)O)n1. The van der Waals surface area contributed by atoms with Crippen LogP contribution in [0.25, 0.3) is 22.5 Å². The highest BCUT2D eigenvalue weighted by Crippen LogP contribution is 2.29. The zero-order chi connectivity index (χ0) is 25.2. The first-order valence-electron chi connectivity index (χ1n) is 11.0. The largest absolute Gasteiger partial charge is 0.388 e. The highest BCUT2D eigenvalue weighted by atomic mass is 19.1. The van der Waals surface area contributed by atoms with E-state index >= 15 is 0 Å². The molecule has 0 bridgehead atoms. The average Bonchev–Trinajstić information content (AvgIpc) is 3.28. The molecule has 0 aliphatic carbocycles. The van der Waals surface area contributed by atoms with Crippen molar-refractivity contribution in [2.45, 2.75) is 38.8 Å². The Morgan fingerprint density at radius 1 is 1.14 bits per heavy atom. The van der Waals surface area contributed by atoms with E-state index in [9.17, 15) is 18.7 Å². The van der Waals surface area contributed by atoms with Crippen LogP contribution in [0.2, 0.25) is 0 Å². The number of aromatic nitrogens is 4. The second-order valence-corrected chi connectivity index (χ2v) is 8.83. The third-order valence-electron chi connectivity index (χ3n) is 5.64. The van der Waals surface area contributed by atoms with Crippen LogP contribution in [0.15, 0.2) is 60.8 Å². The first-order chi connectivity index (χ1) is 16.6. The number of amides is 1. The number of aliphatic hydroxyl groups is 1. The number of hydrogen-bond acceptors (Lipinski definition) is 5. The smallest absolute Gasteiger partial charge is 0.252 e. The first kappa shape index (κ1) is 24.2. The van der Waals surface area contributed by atoms with Crippen LogP contribution in [-0.4, -0.2) is 42.8 Å². The fourth-order valence-electron chi connectivity index (χ4n) is 3.70. The molecule has 0 spiro atoms. The fraction of sp³-hybridized carbons (Fsp3) is 0.231. The third kappa shape index (κ3) is 5.58. The van der Waals surface area contributed by atoms with Gasteiger partial charge >= 0.3 is 0 Å². The Hall–Kier alpha value is -3.98. The van der Waals surface area contributed by atoms with Crippen molar-refractivity contribution >= 4 is 5.91 Å². The molecule has 7 nitrogen and oxygen atoms in total. The van der Waals surface area contributed by atoms with Gasteiger partial charge in [0.05, 0.1) is 34.2 Å². The van der Waals surface area contributed by atoms with Gasteiger partial charge in [-0.1, -0.05) is 6.07 Å². The van der Waals surface area contributed by atoms with E-state index in [1.807, 2.05) is 6.92 Å². The Balaban J connectivity index is 1.64. The Kier molecular flexibility index (Phi) is 6.70. The Morgan fingerprint density at radius 2 is 1.89 bits per heavy atom. The molecule has 4 rings (SSSR count). The number of H-pyrrole nitrogens is 1. The van der Waals surface area contributed by atoms with E-state index in [0.717, 1.165) is 5.69 Å². The topological polar surface area (TPSA) is 104 Å². The number of carbonyl (C=O) groups is 1. The lowest BCUT2D eigenvalue weighted by atomic mass is 9.94. The number of aryl methyl sites for hydroxylation is 1. The van der Waals surface area contributed by atoms with E-state index in [4.69, 9.17) is 0 Å². The molecule has 1 amide bonds. The van der Waals surface area contributed by atoms with E-state index < -0.39 is 23.4 Å². The summed E-state index contributed by atoms with van der Waals surface area (Å²) in [7, 11) is 0. The van der Waals surface area contributed by atoms with Crippen molar-refractivity contribution in [2.24, 2.45) is 0 Å². The van der Waals surface area contributed by atoms with Crippen molar-refractivity contribution in [1.29, 1.82) is 0 Å². The van der Waals surface area contributed by atoms with Crippen LogP contribution in [0.1, 0.15) is 35.7 Å². The number of benzene rings is 2. The normalized spacial score (nSPS) is 12.4. The van der Waals surface area contributed by atoms with E-state index in [-0.39, 0.29) is 29.1 Å². The Labute approximate surface area is 201 Å². The molecule has 0 saturated heterocycles. The standard InChI is InChI=1S/C26H25F2N5O2/c1-15-11-12-29-23(30-15)14-22(26(2,3)35)31-25(34)18-5-4-6-19(28)24(18)21-13-20(32-33-21)16-7-9-17(27)10-8-16/h4-13,22,35H,14H2,1-3H3,(H,31,34)(H,32,33)/t22-/m1/s1. The molecule has 0 unspecified atom stereocenters. The number of nitrogens with zero attached hydrogens (tertiary/aromatic N) is 3. The third-order valence-corrected chi connectivity index (χ3v) is 5.64. The van der Waals surface area contributed by atoms with Crippen LogP contribution in [-0.2, 0) is 6.42 Å². The number of aromatic amines is 1. The molecule has 0 aliphatic rings. The van der Waals surface area contributed by atoms with Crippen LogP contribution in [0.4, 0.5) is 8.78 Å². The van der Waals surface area contributed by atoms with Gasteiger partial charge in [0.15, 0.2) is 0 Å². The van der Waals surface area contributed by atoms with Gasteiger partial charge in [0.25, 0.3) is 5.91 Å². The summed E-state index contributed by atoms with van der Waals surface area (Å²) in [4.78, 5) is 21.9. The molecule has 0 radical (unpaired) electrons. The average molecular weight is 478 g/mol. The van der Waals surface area contributed by atoms with Crippen LogP contribution in [0.3, 0.4) is 0 Å². The van der Waals surface area contributed by atoms with Gasteiger partial charge in [-0.25, -0.2) is 18.7 Å². The minimum Gasteiger partial charge on any atom is -0.388 e. The molecule has 180 valence electrons. The lowest BCUT2D eigenvalue weighted by Gasteiger charge is -2.30. The monoisotopic (exact) mass is 477 g/mol. The zero-order valence-corrected chi connectivity index (χ0v) is 19.5. The van der Waals surface area contributed by atoms with Crippen LogP contribution < -0.4 is 5.32 Å². The van der Waals surface area contributed by atoms with E-state index in [0.29, 0.717) is 17.1 Å². The number of halogens is 2. The van der Waals surface area contributed by atoms with Gasteiger partial charge in [0.2, 0.25) is 0 Å². The molecule has 9 heteroatoms. The predicted octanol–water partition coefficient (Wildman–Crippen LogP) is 4.23. The van der Waals surface area contributed by atoms with Gasteiger partial charge in [-0.15, -0.1) is 0 Å². The zero-order valence-electron chi connectivity index (χ0n) is 19.5. The van der Waals surface area contributed by atoms with Crippen molar-refractivity contribution in [1.82, 2.24) is 25.5 Å². The summed E-state index contributed by atoms with van der Waals surface area (Å²) in [5.41, 5.74) is 0.942. The molecule has 2 aromatic carbocycles. The minimum absolute atomic E-state index is 0.0101. The summed E-state index contributed by atoms with van der Waals surface area (Å²) in [6.45, 7) is 4.97. The Bertz CT molecular complexity index is 1350. The molecular weight excluding hydrogens is 452 g/mol. The van der Waals surface area contributed by atoms with Crippen molar-refractivity contribution in [3.8, 4) is 22.5 Å². The molecule has 1 atom stereocenters. The summed E-state index contributed by atoms with van der Waals surface area (Å²) < 4.78 is 28.2. The van der Waals surface area contributed by atoms with Crippen molar-refractivity contribution < 1.29 is 18.7 Å². The van der Waals surface area contributed by atoms with E-state index in [1.54, 1.807) is 44.3 Å². The fourth-order valence-corrected chi connectivity index (χ4v) is 3.70. The van der Waals surface area contributed by atoms with Crippen LogP contribution in [0, 0.1) is 18.6 Å². The van der Waals surface area contributed by atoms with Gasteiger partial charge < -0.3 is 10.4 Å². The quantitative estimate of drug-likeness (QED) is 0.370. The summed E-state index contributed by atoms with van der Waals surface area (Å²) in [6, 6.07) is 12.5. The van der Waals surface area contributed by atoms with Crippen LogP contribution >= 0.6 is 0 Å². The molecule has 0 saturated carbocycles. The van der Waals surface area contributed by atoms with Crippen LogP contribution in [0.5, 0.6) is 0 Å². The van der Waals surface area contributed by atoms with Crippen molar-refractivity contribution in [3.63, 3.8) is 0 Å². The summed E-state index contributed by atoms with van der Waals surface area (Å²) >= 11 is 0. The van der Waals surface area contributed by atoms with E-state index in [1.165, 1.54) is 30.3 Å². The molecule has 2 heterocycles. The van der Waals surface area contributed by atoms with Gasteiger partial charge in [-0.3, -0.25) is 9.89 Å². The first-order valence-corrected chi connectivity index (χ1v) is 11.0. The number of nitrogens with one attached hydrogen (secondary N) is 2. The second kappa shape index (κ2) is 9.71. The maximum atomic E-state index is 15.0. The molecule has 4 aromatic rings. The molecular formula is C26H25F2N5O2. The van der Waals surface area contributed by atoms with Gasteiger partial charge in [0, 0.05) is 18.3 Å². The van der Waals surface area contributed by atoms with Crippen molar-refractivity contribution in [3.05, 3.63) is 89.5 Å². The highest BCUT2D eigenvalue weighted by Gasteiger charge is 2.31. The van der Waals surface area contributed by atoms with Crippen molar-refractivity contribution in [2.75, 3.05) is 0 Å². The second-order valence-electron chi connectivity index (χ2n) is 8.83. The molecule has 2 aromatic heterocycles. The predicted molar refractivity (Wildman–Crippen MR) is 127 cm³/mol. The highest BCUT2D eigenvalue weighted by molar-refractivity contribution is 6.01. The maximum absolute atomic E-state index is 15.0. The summed E-state index contributed by atoms with van der Waals surface area (Å²) in [6.07, 6.45) is 1.79. The lowest BCUT2D eigenvalue weighted by molar-refractivity contribution is 0.0344. The van der Waals surface area contributed by atoms with E-state index in [2.05, 4.69) is 25.5 Å². The summed E-state index contributed by atoms with van der Waals surface area (Å²) in [5, 5.41) is 20.5. The number of rotatable bonds is 7. The molecule has 0 aliphatic heterocycles. The van der Waals surface area contributed by atoms with Gasteiger partial charge in [0.1, 0.15) is 17.5 Å².